The van der Waals surface area contributed by atoms with E-state index in [4.69, 9.17) is 0 Å². The lowest BCUT2D eigenvalue weighted by atomic mass is 10.2. The van der Waals surface area contributed by atoms with Crippen LogP contribution in [-0.2, 0) is 20.6 Å². The van der Waals surface area contributed by atoms with Crippen LogP contribution in [0.1, 0.15) is 5.56 Å². The highest BCUT2D eigenvalue weighted by Gasteiger charge is 2.18. The third-order valence-electron chi connectivity index (χ3n) is 3.85. The number of aliphatic hydroxyl groups is 1. The van der Waals surface area contributed by atoms with Gasteiger partial charge in [0.05, 0.1) is 12.8 Å². The first-order valence-electron chi connectivity index (χ1n) is 7.66. The Hall–Kier alpha value is -3.20. The molecule has 0 saturated heterocycles. The fourth-order valence-corrected chi connectivity index (χ4v) is 2.55. The van der Waals surface area contributed by atoms with Crippen molar-refractivity contribution in [2.45, 2.75) is 6.54 Å². The zero-order valence-electron chi connectivity index (χ0n) is 13.9. The van der Waals surface area contributed by atoms with E-state index in [1.54, 1.807) is 6.21 Å². The van der Waals surface area contributed by atoms with Crippen molar-refractivity contribution in [1.82, 2.24) is 18.7 Å². The highest BCUT2D eigenvalue weighted by Crippen LogP contribution is 2.15. The van der Waals surface area contributed by atoms with Gasteiger partial charge in [-0.2, -0.15) is 10.1 Å². The van der Waals surface area contributed by atoms with E-state index in [9.17, 15) is 14.7 Å². The number of imidazole rings is 1. The number of fused-ring (bicyclic) bond motifs is 1. The number of nitrogens with one attached hydrogen (secondary N) is 1. The summed E-state index contributed by atoms with van der Waals surface area (Å²) < 4.78 is 3.81. The number of aromatic nitrogens is 4. The lowest BCUT2D eigenvalue weighted by Gasteiger charge is -2.07. The molecule has 0 fully saturated rings. The molecule has 0 spiro atoms. The molecule has 0 bridgehead atoms. The molecule has 130 valence electrons. The third kappa shape index (κ3) is 2.96. The second kappa shape index (κ2) is 6.73. The van der Waals surface area contributed by atoms with Crippen LogP contribution in [0.5, 0.6) is 0 Å². The lowest BCUT2D eigenvalue weighted by Crippen LogP contribution is -2.37. The summed E-state index contributed by atoms with van der Waals surface area (Å²) in [6.45, 7) is -0.0400. The first kappa shape index (κ1) is 16.7. The van der Waals surface area contributed by atoms with E-state index in [-0.39, 0.29) is 30.3 Å². The summed E-state index contributed by atoms with van der Waals surface area (Å²) in [5.74, 6) is 0.273. The zero-order chi connectivity index (χ0) is 18.0. The van der Waals surface area contributed by atoms with Gasteiger partial charge in [-0.15, -0.1) is 0 Å². The van der Waals surface area contributed by atoms with Gasteiger partial charge < -0.3 is 9.67 Å². The van der Waals surface area contributed by atoms with E-state index in [0.717, 1.165) is 10.1 Å². The molecule has 0 amide bonds. The molecule has 2 aromatic heterocycles. The van der Waals surface area contributed by atoms with Gasteiger partial charge in [0, 0.05) is 20.6 Å². The SMILES string of the molecule is Cn1c(=O)c2c(nc(N/N=C/c3ccccc3)n2CCO)n(C)c1=O. The molecular formula is C16H18N6O3. The normalized spacial score (nSPS) is 11.5. The van der Waals surface area contributed by atoms with Crippen molar-refractivity contribution in [2.24, 2.45) is 19.2 Å². The lowest BCUT2D eigenvalue weighted by molar-refractivity contribution is 0.278. The molecule has 0 aliphatic carbocycles. The predicted octanol–water partition coefficient (Wildman–Crippen LogP) is -0.128. The largest absolute Gasteiger partial charge is 0.395 e. The molecule has 1 aromatic carbocycles. The minimum atomic E-state index is -0.473. The standard InChI is InChI=1S/C16H18N6O3/c1-20-13-12(14(24)21(2)16(20)25)22(8-9-23)15(18-13)19-17-10-11-6-4-3-5-7-11/h3-7,10,23H,8-9H2,1-2H3,(H,18,19)/b17-10+. The molecule has 25 heavy (non-hydrogen) atoms. The van der Waals surface area contributed by atoms with E-state index in [2.05, 4.69) is 15.5 Å². The summed E-state index contributed by atoms with van der Waals surface area (Å²) in [5.41, 5.74) is 3.20. The maximum Gasteiger partial charge on any atom is 0.332 e. The quantitative estimate of drug-likeness (QED) is 0.496. The third-order valence-corrected chi connectivity index (χ3v) is 3.85. The molecule has 9 nitrogen and oxygen atoms in total. The number of benzene rings is 1. The van der Waals surface area contributed by atoms with Crippen molar-refractivity contribution in [3.63, 3.8) is 0 Å². The van der Waals surface area contributed by atoms with Crippen molar-refractivity contribution in [2.75, 3.05) is 12.0 Å². The van der Waals surface area contributed by atoms with Crippen molar-refractivity contribution < 1.29 is 5.11 Å². The van der Waals surface area contributed by atoms with Gasteiger partial charge in [0.25, 0.3) is 5.56 Å². The minimum absolute atomic E-state index is 0.146. The number of hydrazone groups is 1. The Kier molecular flexibility index (Phi) is 4.48. The van der Waals surface area contributed by atoms with Crippen LogP contribution in [0.25, 0.3) is 11.2 Å². The number of aliphatic hydroxyl groups excluding tert-OH is 1. The van der Waals surface area contributed by atoms with E-state index in [0.29, 0.717) is 0 Å². The second-order valence-electron chi connectivity index (χ2n) is 5.47. The summed E-state index contributed by atoms with van der Waals surface area (Å²) in [6.07, 6.45) is 1.61. The molecule has 0 aliphatic heterocycles. The number of rotatable bonds is 5. The Morgan fingerprint density at radius 3 is 2.60 bits per heavy atom. The van der Waals surface area contributed by atoms with Gasteiger partial charge in [0.15, 0.2) is 11.2 Å². The van der Waals surface area contributed by atoms with Gasteiger partial charge in [-0.25, -0.2) is 10.2 Å². The van der Waals surface area contributed by atoms with Gasteiger partial charge in [-0.1, -0.05) is 30.3 Å². The van der Waals surface area contributed by atoms with Gasteiger partial charge in [-0.3, -0.25) is 13.9 Å². The summed E-state index contributed by atoms with van der Waals surface area (Å²) >= 11 is 0. The van der Waals surface area contributed by atoms with Crippen LogP contribution in [0.2, 0.25) is 0 Å². The molecular weight excluding hydrogens is 324 g/mol. The molecule has 9 heteroatoms. The van der Waals surface area contributed by atoms with Gasteiger partial charge in [-0.05, 0) is 5.56 Å². The first-order valence-corrected chi connectivity index (χ1v) is 7.66. The molecule has 0 aliphatic rings. The Labute approximate surface area is 142 Å². The fraction of sp³-hybridized carbons (Fsp3) is 0.250. The maximum absolute atomic E-state index is 12.4. The Balaban J connectivity index is 2.09. The van der Waals surface area contributed by atoms with Crippen LogP contribution in [0.4, 0.5) is 5.95 Å². The summed E-state index contributed by atoms with van der Waals surface area (Å²) in [6, 6.07) is 9.47. The van der Waals surface area contributed by atoms with Gasteiger partial charge >= 0.3 is 5.69 Å². The van der Waals surface area contributed by atoms with E-state index in [1.165, 1.54) is 23.2 Å². The molecule has 0 unspecified atom stereocenters. The predicted molar refractivity (Wildman–Crippen MR) is 95.0 cm³/mol. The Morgan fingerprint density at radius 2 is 1.92 bits per heavy atom. The molecule has 2 heterocycles. The highest BCUT2D eigenvalue weighted by molar-refractivity contribution is 5.80. The summed E-state index contributed by atoms with van der Waals surface area (Å²) in [7, 11) is 2.94. The van der Waals surface area contributed by atoms with Crippen molar-refractivity contribution in [3.8, 4) is 0 Å². The maximum atomic E-state index is 12.4. The number of hydrogen-bond acceptors (Lipinski definition) is 6. The van der Waals surface area contributed by atoms with Crippen molar-refractivity contribution in [1.29, 1.82) is 0 Å². The van der Waals surface area contributed by atoms with Gasteiger partial charge in [0.2, 0.25) is 5.95 Å². The summed E-state index contributed by atoms with van der Waals surface area (Å²) in [5, 5.41) is 13.4. The second-order valence-corrected chi connectivity index (χ2v) is 5.47. The van der Waals surface area contributed by atoms with Crippen LogP contribution in [0.3, 0.4) is 0 Å². The Morgan fingerprint density at radius 1 is 1.20 bits per heavy atom. The molecule has 0 atom stereocenters. The molecule has 3 aromatic rings. The number of nitrogens with zero attached hydrogens (tertiary/aromatic N) is 5. The smallest absolute Gasteiger partial charge is 0.332 e. The molecule has 0 radical (unpaired) electrons. The average Bonchev–Trinajstić information content (AvgIpc) is 2.98. The monoisotopic (exact) mass is 342 g/mol. The van der Waals surface area contributed by atoms with Crippen LogP contribution < -0.4 is 16.7 Å². The number of hydrogen-bond donors (Lipinski definition) is 2. The number of anilines is 1. The Bertz CT molecular complexity index is 1050. The first-order chi connectivity index (χ1) is 12.0. The highest BCUT2D eigenvalue weighted by atomic mass is 16.3. The van der Waals surface area contributed by atoms with Gasteiger partial charge in [0.1, 0.15) is 0 Å². The van der Waals surface area contributed by atoms with Crippen molar-refractivity contribution in [3.05, 3.63) is 56.7 Å². The zero-order valence-corrected chi connectivity index (χ0v) is 13.9. The fourth-order valence-electron chi connectivity index (χ4n) is 2.55. The molecule has 2 N–H and O–H groups in total. The number of aryl methyl sites for hydroxylation is 1. The average molecular weight is 342 g/mol. The van der Waals surface area contributed by atoms with Crippen LogP contribution >= 0.6 is 0 Å². The van der Waals surface area contributed by atoms with Crippen LogP contribution in [0.15, 0.2) is 45.0 Å². The van der Waals surface area contributed by atoms with E-state index in [1.807, 2.05) is 30.3 Å². The molecule has 3 rings (SSSR count). The van der Waals surface area contributed by atoms with Crippen molar-refractivity contribution >= 4 is 23.3 Å². The summed E-state index contributed by atoms with van der Waals surface area (Å²) in [4.78, 5) is 28.8. The van der Waals surface area contributed by atoms with Crippen LogP contribution in [0, 0.1) is 0 Å². The van der Waals surface area contributed by atoms with E-state index >= 15 is 0 Å². The van der Waals surface area contributed by atoms with E-state index < -0.39 is 11.2 Å². The van der Waals surface area contributed by atoms with Crippen LogP contribution in [-0.4, -0.2) is 36.6 Å². The molecule has 0 saturated carbocycles. The topological polar surface area (TPSA) is 106 Å². The minimum Gasteiger partial charge on any atom is -0.395 e.